The van der Waals surface area contributed by atoms with E-state index in [1.54, 1.807) is 6.92 Å². The van der Waals surface area contributed by atoms with E-state index >= 15 is 0 Å². The van der Waals surface area contributed by atoms with Crippen LogP contribution in [0, 0.1) is 11.3 Å². The second kappa shape index (κ2) is 11.0. The number of amides is 2. The Labute approximate surface area is 166 Å². The molecule has 0 spiro atoms. The molecule has 2 rings (SSSR count). The van der Waals surface area contributed by atoms with Crippen LogP contribution in [-0.4, -0.2) is 23.6 Å². The standard InChI is InChI=1S/C11H18N2O3.C6H10O.Na/c1-4-6-7(3)11(5-2)8(14)12-10(16)13-9(11)15;7-6-4-2-1-3-5-6;/h7H,4-6H2,1-3H3,(H2,12,13,14,15,16);1-5H2;/q;;+1/p-1. The molecule has 1 aliphatic heterocycles. The Bertz CT molecular complexity index is 485. The van der Waals surface area contributed by atoms with E-state index in [1.807, 2.05) is 13.8 Å². The van der Waals surface area contributed by atoms with Gasteiger partial charge < -0.3 is 10.4 Å². The van der Waals surface area contributed by atoms with Gasteiger partial charge in [-0.15, -0.1) is 0 Å². The Morgan fingerprint density at radius 2 is 1.75 bits per heavy atom. The summed E-state index contributed by atoms with van der Waals surface area (Å²) in [6.07, 6.45) is 7.26. The van der Waals surface area contributed by atoms with Gasteiger partial charge in [0.2, 0.25) is 5.91 Å². The molecule has 7 heteroatoms. The maximum Gasteiger partial charge on any atom is 1.00 e. The Balaban J connectivity index is 0.000000555. The second-order valence-corrected chi connectivity index (χ2v) is 6.29. The molecule has 1 N–H and O–H groups in total. The van der Waals surface area contributed by atoms with E-state index in [4.69, 9.17) is 0 Å². The molecule has 2 amide bonds. The zero-order chi connectivity index (χ0) is 17.5. The number of rotatable bonds is 4. The monoisotopic (exact) mass is 346 g/mol. The van der Waals surface area contributed by atoms with Gasteiger partial charge in [-0.2, -0.15) is 0 Å². The van der Waals surface area contributed by atoms with Crippen molar-refractivity contribution in [2.45, 2.75) is 72.1 Å². The van der Waals surface area contributed by atoms with Gasteiger partial charge in [0, 0.05) is 12.8 Å². The van der Waals surface area contributed by atoms with Crippen molar-refractivity contribution >= 4 is 23.6 Å². The van der Waals surface area contributed by atoms with Gasteiger partial charge in [-0.25, -0.2) is 4.99 Å². The Morgan fingerprint density at radius 1 is 1.17 bits per heavy atom. The summed E-state index contributed by atoms with van der Waals surface area (Å²) in [6.45, 7) is 5.62. The number of nitrogens with one attached hydrogen (secondary N) is 1. The van der Waals surface area contributed by atoms with Gasteiger partial charge in [-0.3, -0.25) is 14.4 Å². The first-order valence-corrected chi connectivity index (χ1v) is 8.51. The number of hydrogen-bond donors (Lipinski definition) is 1. The number of nitrogens with zero attached hydrogens (tertiary/aromatic N) is 1. The minimum Gasteiger partial charge on any atom is -0.846 e. The third-order valence-electron chi connectivity index (χ3n) is 4.74. The molecule has 1 aliphatic carbocycles. The molecule has 0 radical (unpaired) electrons. The van der Waals surface area contributed by atoms with Crippen LogP contribution in [0.15, 0.2) is 4.99 Å². The zero-order valence-corrected chi connectivity index (χ0v) is 17.3. The molecule has 6 nitrogen and oxygen atoms in total. The molecule has 2 unspecified atom stereocenters. The maximum atomic E-state index is 11.9. The second-order valence-electron chi connectivity index (χ2n) is 6.29. The van der Waals surface area contributed by atoms with Crippen LogP contribution in [-0.2, 0) is 14.4 Å². The first kappa shape index (κ1) is 23.3. The van der Waals surface area contributed by atoms with Crippen LogP contribution in [0.2, 0.25) is 0 Å². The van der Waals surface area contributed by atoms with Crippen LogP contribution >= 0.6 is 0 Å². The van der Waals surface area contributed by atoms with Crippen LogP contribution in [0.25, 0.3) is 0 Å². The molecular weight excluding hydrogens is 319 g/mol. The summed E-state index contributed by atoms with van der Waals surface area (Å²) in [7, 11) is 0. The van der Waals surface area contributed by atoms with Gasteiger partial charge in [0.25, 0.3) is 5.91 Å². The summed E-state index contributed by atoms with van der Waals surface area (Å²) < 4.78 is 0. The molecule has 1 heterocycles. The van der Waals surface area contributed by atoms with Crippen LogP contribution in [0.5, 0.6) is 0 Å². The van der Waals surface area contributed by atoms with Crippen molar-refractivity contribution in [1.29, 1.82) is 0 Å². The number of aliphatic imine (C=N–C) groups is 1. The molecular formula is C17H27N2NaO4. The van der Waals surface area contributed by atoms with E-state index in [9.17, 15) is 19.5 Å². The zero-order valence-electron chi connectivity index (χ0n) is 15.3. The van der Waals surface area contributed by atoms with Crippen molar-refractivity contribution < 1.29 is 49.0 Å². The first-order chi connectivity index (χ1) is 10.9. The van der Waals surface area contributed by atoms with Crippen molar-refractivity contribution in [1.82, 2.24) is 5.32 Å². The predicted molar refractivity (Wildman–Crippen MR) is 85.5 cm³/mol. The largest absolute Gasteiger partial charge is 1.00 e. The van der Waals surface area contributed by atoms with Crippen LogP contribution in [0.3, 0.4) is 0 Å². The topological polar surface area (TPSA) is 98.7 Å². The molecule has 2 aliphatic rings. The predicted octanol–water partition coefficient (Wildman–Crippen LogP) is -1.28. The van der Waals surface area contributed by atoms with Crippen LogP contribution < -0.4 is 40.0 Å². The van der Waals surface area contributed by atoms with Gasteiger partial charge >= 0.3 is 29.6 Å². The number of carbonyl (C=O) groups excluding carboxylic acids is 3. The average Bonchev–Trinajstić information content (AvgIpc) is 2.49. The van der Waals surface area contributed by atoms with E-state index in [-0.39, 0.29) is 35.5 Å². The Morgan fingerprint density at radius 3 is 2.12 bits per heavy atom. The van der Waals surface area contributed by atoms with Gasteiger partial charge in [0.05, 0.1) is 6.02 Å². The molecule has 0 aromatic carbocycles. The van der Waals surface area contributed by atoms with Gasteiger partial charge in [0.15, 0.2) is 0 Å². The summed E-state index contributed by atoms with van der Waals surface area (Å²) >= 11 is 0. The Kier molecular flexibility index (Phi) is 10.7. The molecule has 2 atom stereocenters. The molecule has 24 heavy (non-hydrogen) atoms. The van der Waals surface area contributed by atoms with E-state index in [0.717, 1.165) is 38.5 Å². The van der Waals surface area contributed by atoms with Gasteiger partial charge in [-0.05, 0) is 31.6 Å². The maximum absolute atomic E-state index is 11.9. The molecule has 0 aromatic heterocycles. The van der Waals surface area contributed by atoms with Crippen molar-refractivity contribution in [2.75, 3.05) is 0 Å². The molecule has 1 saturated carbocycles. The average molecular weight is 346 g/mol. The molecule has 0 bridgehead atoms. The summed E-state index contributed by atoms with van der Waals surface area (Å²) in [6, 6.07) is -0.845. The quantitative estimate of drug-likeness (QED) is 0.506. The fourth-order valence-corrected chi connectivity index (χ4v) is 3.25. The van der Waals surface area contributed by atoms with Gasteiger partial charge in [0.1, 0.15) is 11.2 Å². The van der Waals surface area contributed by atoms with Crippen molar-refractivity contribution in [2.24, 2.45) is 16.3 Å². The van der Waals surface area contributed by atoms with Crippen molar-refractivity contribution in [3.05, 3.63) is 0 Å². The third kappa shape index (κ3) is 5.67. The summed E-state index contributed by atoms with van der Waals surface area (Å²) in [5, 5.41) is 13.1. The summed E-state index contributed by atoms with van der Waals surface area (Å²) in [4.78, 5) is 37.5. The van der Waals surface area contributed by atoms with E-state index in [2.05, 4.69) is 10.3 Å². The van der Waals surface area contributed by atoms with Gasteiger partial charge in [-0.1, -0.05) is 33.6 Å². The Hall–Kier alpha value is -0.720. The summed E-state index contributed by atoms with van der Waals surface area (Å²) in [5.74, 6) is -0.733. The minimum absolute atomic E-state index is 0. The number of amidine groups is 1. The van der Waals surface area contributed by atoms with E-state index in [1.165, 1.54) is 6.42 Å². The number of carbonyl (C=O) groups is 3. The fraction of sp³-hybridized carbons (Fsp3) is 0.765. The molecule has 0 aromatic rings. The molecule has 0 saturated heterocycles. The van der Waals surface area contributed by atoms with E-state index in [0.29, 0.717) is 12.2 Å². The SMILES string of the molecule is CCCC(C)C1(CC)C(=O)N=C([O-])NC1=O.O=C1CCCCC1.[Na+]. The smallest absolute Gasteiger partial charge is 0.846 e. The van der Waals surface area contributed by atoms with Crippen LogP contribution in [0.1, 0.15) is 72.1 Å². The normalized spacial score (nSPS) is 24.8. The third-order valence-corrected chi connectivity index (χ3v) is 4.74. The van der Waals surface area contributed by atoms with Crippen LogP contribution in [0.4, 0.5) is 0 Å². The van der Waals surface area contributed by atoms with Crippen molar-refractivity contribution in [3.8, 4) is 0 Å². The fourth-order valence-electron chi connectivity index (χ4n) is 3.25. The van der Waals surface area contributed by atoms with Crippen molar-refractivity contribution in [3.63, 3.8) is 0 Å². The number of Topliss-reactive ketones (excluding diaryl/α,β-unsaturated/α-hetero) is 1. The first-order valence-electron chi connectivity index (χ1n) is 8.51. The molecule has 1 fully saturated rings. The number of hydrogen-bond acceptors (Lipinski definition) is 4. The summed E-state index contributed by atoms with van der Waals surface area (Å²) in [5.41, 5.74) is -1.15. The molecule has 130 valence electrons. The van der Waals surface area contributed by atoms with E-state index < -0.39 is 23.3 Å². The minimum atomic E-state index is -1.15. The number of ketones is 1.